The number of hydrogen-bond donors (Lipinski definition) is 2. The predicted octanol–water partition coefficient (Wildman–Crippen LogP) is 5.26. The Balaban J connectivity index is 1.67. The molecule has 6 rings (SSSR count). The lowest BCUT2D eigenvalue weighted by Crippen LogP contribution is -2.59. The molecule has 0 bridgehead atoms. The van der Waals surface area contributed by atoms with Gasteiger partial charge in [-0.3, -0.25) is 9.80 Å². The second-order valence-electron chi connectivity index (χ2n) is 11.9. The molecule has 2 saturated heterocycles. The summed E-state index contributed by atoms with van der Waals surface area (Å²) < 4.78 is 55.6. The lowest BCUT2D eigenvalue weighted by atomic mass is 9.86. The summed E-state index contributed by atoms with van der Waals surface area (Å²) in [5, 5.41) is 23.0. The molecule has 1 amide bonds. The molecule has 0 spiro atoms. The minimum absolute atomic E-state index is 0.00884. The molecule has 4 aromatic rings. The van der Waals surface area contributed by atoms with E-state index in [9.17, 15) is 27.8 Å². The zero-order valence-corrected chi connectivity index (χ0v) is 28.2. The number of alkyl halides is 1. The number of rotatable bonds is 8. The van der Waals surface area contributed by atoms with Gasteiger partial charge in [-0.2, -0.15) is 0 Å². The molecule has 3 atom stereocenters. The number of likely N-dealkylation sites (tertiary alicyclic amines) is 1. The molecule has 2 aliphatic rings. The Morgan fingerprint density at radius 2 is 1.83 bits per heavy atom. The third-order valence-electron chi connectivity index (χ3n) is 9.17. The Morgan fingerprint density at radius 3 is 2.52 bits per heavy atom. The molecule has 2 aliphatic heterocycles. The summed E-state index contributed by atoms with van der Waals surface area (Å²) in [6.07, 6.45) is 1.67. The molecule has 2 fully saturated rings. The van der Waals surface area contributed by atoms with Gasteiger partial charge >= 0.3 is 6.09 Å². The lowest BCUT2D eigenvalue weighted by Gasteiger charge is -2.53. The van der Waals surface area contributed by atoms with Crippen molar-refractivity contribution >= 4 is 38.6 Å². The van der Waals surface area contributed by atoms with Crippen molar-refractivity contribution in [2.24, 2.45) is 0 Å². The second kappa shape index (κ2) is 13.4. The molecular weight excluding hydrogens is 665 g/mol. The summed E-state index contributed by atoms with van der Waals surface area (Å²) in [6, 6.07) is 10.6. The van der Waals surface area contributed by atoms with Crippen molar-refractivity contribution in [2.45, 2.75) is 48.3 Å². The number of aromatic nitrogens is 2. The first-order chi connectivity index (χ1) is 23.0. The van der Waals surface area contributed by atoms with Gasteiger partial charge in [-0.05, 0) is 76.3 Å². The first-order valence-electron chi connectivity index (χ1n) is 15.6. The van der Waals surface area contributed by atoms with Crippen LogP contribution in [0.3, 0.4) is 0 Å². The quantitative estimate of drug-likeness (QED) is 0.185. The van der Waals surface area contributed by atoms with E-state index in [1.807, 2.05) is 11.9 Å². The van der Waals surface area contributed by atoms with Crippen LogP contribution in [0.2, 0.25) is 0 Å². The molecule has 256 valence electrons. The van der Waals surface area contributed by atoms with Crippen LogP contribution in [0.25, 0.3) is 10.9 Å². The zero-order chi connectivity index (χ0) is 34.3. The molecule has 15 heteroatoms. The van der Waals surface area contributed by atoms with Gasteiger partial charge in [0.1, 0.15) is 22.0 Å². The van der Waals surface area contributed by atoms with Crippen LogP contribution < -0.4 is 9.47 Å². The molecule has 3 unspecified atom stereocenters. The molecule has 2 aromatic carbocycles. The summed E-state index contributed by atoms with van der Waals surface area (Å²) in [7, 11) is -1.29. The van der Waals surface area contributed by atoms with Gasteiger partial charge in [0.25, 0.3) is 10.0 Å². The van der Waals surface area contributed by atoms with E-state index >= 15 is 0 Å². The molecule has 0 saturated carbocycles. The number of piperazine rings is 1. The van der Waals surface area contributed by atoms with Gasteiger partial charge in [0.15, 0.2) is 0 Å². The highest BCUT2D eigenvalue weighted by atomic mass is 35.5. The number of benzene rings is 2. The van der Waals surface area contributed by atoms with Crippen LogP contribution >= 0.6 is 11.6 Å². The fourth-order valence-electron chi connectivity index (χ4n) is 7.06. The van der Waals surface area contributed by atoms with Crippen molar-refractivity contribution in [1.82, 2.24) is 23.7 Å². The number of fused-ring (bicyclic) bond motifs is 1. The minimum atomic E-state index is -4.63. The third-order valence-corrected chi connectivity index (χ3v) is 11.3. The minimum Gasteiger partial charge on any atom is -0.495 e. The number of carboxylic acid groups (broad SMARTS) is 1. The van der Waals surface area contributed by atoms with Gasteiger partial charge in [-0.25, -0.2) is 26.6 Å². The summed E-state index contributed by atoms with van der Waals surface area (Å²) in [5.74, 6) is -1.26. The average Bonchev–Trinajstić information content (AvgIpc) is 3.36. The fraction of sp³-hybridized carbons (Fsp3) is 0.394. The van der Waals surface area contributed by atoms with Gasteiger partial charge in [0.2, 0.25) is 11.8 Å². The standard InChI is InChI=1S/C33H37ClFN5O7S/c1-4-47-31-23(8-7-15-36-31)29-30(38(33(42)43)19-27(34)39(29)21-13-16-37(2)17-14-21)28-22-12-11-20(35)18-24(22)40(32(28)41)48(44,45)26-10-6-5-9-25(26)46-3/h5-12,15,18,21,27,29-30,41H,4,13-14,16-17,19H2,1-3H3,(H,42,43). The monoisotopic (exact) mass is 701 g/mol. The molecule has 4 heterocycles. The third kappa shape index (κ3) is 5.80. The van der Waals surface area contributed by atoms with Crippen molar-refractivity contribution in [3.05, 3.63) is 77.7 Å². The largest absolute Gasteiger partial charge is 0.495 e. The van der Waals surface area contributed by atoms with Crippen LogP contribution in [0, 0.1) is 5.82 Å². The van der Waals surface area contributed by atoms with Crippen molar-refractivity contribution < 1.29 is 37.3 Å². The van der Waals surface area contributed by atoms with E-state index in [1.54, 1.807) is 31.3 Å². The van der Waals surface area contributed by atoms with E-state index in [0.717, 1.165) is 43.0 Å². The number of methoxy groups -OCH3 is 1. The molecule has 0 aliphatic carbocycles. The number of piperidine rings is 1. The maximum Gasteiger partial charge on any atom is 0.407 e. The summed E-state index contributed by atoms with van der Waals surface area (Å²) in [4.78, 5) is 22.7. The SMILES string of the molecule is CCOc1ncccc1C1C(c2c(O)n(S(=O)(=O)c3ccccc3OC)c3cc(F)ccc23)N(C(=O)O)CC(Cl)N1C1CCN(C)CC1. The maximum atomic E-state index is 14.9. The number of ether oxygens (including phenoxy) is 2. The zero-order valence-electron chi connectivity index (χ0n) is 26.7. The van der Waals surface area contributed by atoms with Gasteiger partial charge in [0.05, 0.1) is 37.9 Å². The smallest absolute Gasteiger partial charge is 0.407 e. The van der Waals surface area contributed by atoms with Crippen LogP contribution in [0.15, 0.2) is 65.7 Å². The topological polar surface area (TPSA) is 138 Å². The van der Waals surface area contributed by atoms with Crippen molar-refractivity contribution in [1.29, 1.82) is 0 Å². The second-order valence-corrected chi connectivity index (χ2v) is 14.1. The van der Waals surface area contributed by atoms with Gasteiger partial charge < -0.3 is 24.6 Å². The lowest BCUT2D eigenvalue weighted by molar-refractivity contribution is -0.0312. The number of pyridine rings is 1. The first-order valence-corrected chi connectivity index (χ1v) is 17.5. The van der Waals surface area contributed by atoms with Crippen LogP contribution in [0.1, 0.15) is 43.0 Å². The Kier molecular flexibility index (Phi) is 9.44. The summed E-state index contributed by atoms with van der Waals surface area (Å²) >= 11 is 7.11. The van der Waals surface area contributed by atoms with E-state index in [4.69, 9.17) is 21.1 Å². The first kappa shape index (κ1) is 33.8. The molecular formula is C33H37ClFN5O7S. The van der Waals surface area contributed by atoms with Gasteiger partial charge in [-0.1, -0.05) is 18.2 Å². The Hall–Kier alpha value is -4.11. The fourth-order valence-corrected chi connectivity index (χ4v) is 9.08. The van der Waals surface area contributed by atoms with Crippen molar-refractivity contribution in [3.8, 4) is 17.5 Å². The number of para-hydroxylation sites is 1. The molecule has 2 aromatic heterocycles. The van der Waals surface area contributed by atoms with Crippen molar-refractivity contribution in [2.75, 3.05) is 40.4 Å². The number of halogens is 2. The van der Waals surface area contributed by atoms with E-state index in [2.05, 4.69) is 9.88 Å². The summed E-state index contributed by atoms with van der Waals surface area (Å²) in [6.45, 7) is 3.45. The van der Waals surface area contributed by atoms with Gasteiger partial charge in [-0.15, -0.1) is 11.6 Å². The Morgan fingerprint density at radius 1 is 1.10 bits per heavy atom. The van der Waals surface area contributed by atoms with Crippen molar-refractivity contribution in [3.63, 3.8) is 0 Å². The number of hydrogen-bond acceptors (Lipinski definition) is 9. The number of nitrogens with zero attached hydrogens (tertiary/aromatic N) is 5. The van der Waals surface area contributed by atoms with Gasteiger partial charge in [0, 0.05) is 28.8 Å². The number of amides is 1. The molecule has 0 radical (unpaired) electrons. The Labute approximate surface area is 282 Å². The van der Waals surface area contributed by atoms with E-state index in [0.29, 0.717) is 9.54 Å². The van der Waals surface area contributed by atoms with E-state index < -0.39 is 45.4 Å². The summed E-state index contributed by atoms with van der Waals surface area (Å²) in [5.41, 5.74) is -0.484. The number of carbonyl (C=O) groups is 1. The average molecular weight is 702 g/mol. The van der Waals surface area contributed by atoms with Crippen LogP contribution in [0.5, 0.6) is 17.5 Å². The predicted molar refractivity (Wildman–Crippen MR) is 177 cm³/mol. The van der Waals surface area contributed by atoms with Crippen LogP contribution in [-0.2, 0) is 10.0 Å². The highest BCUT2D eigenvalue weighted by Crippen LogP contribution is 2.53. The maximum absolute atomic E-state index is 14.9. The molecule has 48 heavy (non-hydrogen) atoms. The van der Waals surface area contributed by atoms with Crippen LogP contribution in [-0.4, -0.2) is 100 Å². The van der Waals surface area contributed by atoms with E-state index in [-0.39, 0.29) is 52.2 Å². The molecule has 2 N–H and O–H groups in total. The molecule has 12 nitrogen and oxygen atoms in total. The highest BCUT2D eigenvalue weighted by molar-refractivity contribution is 7.90. The van der Waals surface area contributed by atoms with Crippen LogP contribution in [0.4, 0.5) is 9.18 Å². The Bertz CT molecular complexity index is 1930. The van der Waals surface area contributed by atoms with E-state index in [1.165, 1.54) is 31.4 Å². The highest BCUT2D eigenvalue weighted by Gasteiger charge is 2.51. The number of aromatic hydroxyl groups is 1. The normalized spacial score (nSPS) is 21.4.